The Bertz CT molecular complexity index is 874. The summed E-state index contributed by atoms with van der Waals surface area (Å²) >= 11 is 1.58. The van der Waals surface area contributed by atoms with Crippen molar-refractivity contribution in [3.05, 3.63) is 12.4 Å². The van der Waals surface area contributed by atoms with Crippen molar-refractivity contribution in [3.63, 3.8) is 0 Å². The van der Waals surface area contributed by atoms with Gasteiger partial charge in [-0.3, -0.25) is 4.79 Å². The number of nitrogens with one attached hydrogen (secondary N) is 1. The molecule has 0 radical (unpaired) electrons. The highest BCUT2D eigenvalue weighted by atomic mass is 32.2. The first-order chi connectivity index (χ1) is 15.7. The van der Waals surface area contributed by atoms with Crippen molar-refractivity contribution in [3.8, 4) is 0 Å². The molecule has 1 aromatic rings. The molecule has 2 aliphatic heterocycles. The Hall–Kier alpha value is -1.85. The molecule has 1 aromatic heterocycles. The lowest BCUT2D eigenvalue weighted by Gasteiger charge is -2.32. The Morgan fingerprint density at radius 2 is 1.82 bits per heavy atom. The average Bonchev–Trinajstić information content (AvgIpc) is 3.26. The molecule has 11 heteroatoms. The number of likely N-dealkylation sites (tertiary alicyclic amines) is 1. The van der Waals surface area contributed by atoms with Crippen molar-refractivity contribution in [2.24, 2.45) is 5.92 Å². The van der Waals surface area contributed by atoms with Gasteiger partial charge in [0.1, 0.15) is 11.6 Å². The quantitative estimate of drug-likeness (QED) is 0.367. The van der Waals surface area contributed by atoms with Gasteiger partial charge in [0.2, 0.25) is 5.91 Å². The van der Waals surface area contributed by atoms with Crippen LogP contribution in [0.1, 0.15) is 61.8 Å². The number of carbonyl (C=O) groups excluding carboxylic acids is 2. The highest BCUT2D eigenvalue weighted by Gasteiger charge is 2.52. The fourth-order valence-corrected chi connectivity index (χ4v) is 4.59. The molecule has 2 amide bonds. The molecule has 9 nitrogen and oxygen atoms in total. The van der Waals surface area contributed by atoms with Crippen LogP contribution in [0.5, 0.6) is 0 Å². The molecule has 3 rings (SSSR count). The van der Waals surface area contributed by atoms with Crippen molar-refractivity contribution in [1.29, 1.82) is 0 Å². The summed E-state index contributed by atoms with van der Waals surface area (Å²) in [6, 6.07) is -0.632. The summed E-state index contributed by atoms with van der Waals surface area (Å²) in [7, 11) is -0.477. The van der Waals surface area contributed by atoms with Crippen molar-refractivity contribution >= 4 is 36.3 Å². The number of carbonyl (C=O) groups is 2. The molecule has 2 aliphatic rings. The predicted octanol–water partition coefficient (Wildman–Crippen LogP) is 2.63. The van der Waals surface area contributed by atoms with Gasteiger partial charge in [0.25, 0.3) is 0 Å². The van der Waals surface area contributed by atoms with Gasteiger partial charge in [0.05, 0.1) is 11.2 Å². The van der Waals surface area contributed by atoms with E-state index in [4.69, 9.17) is 14.0 Å². The molecule has 2 atom stereocenters. The van der Waals surface area contributed by atoms with E-state index >= 15 is 0 Å². The summed E-state index contributed by atoms with van der Waals surface area (Å²) in [4.78, 5) is 35.4. The van der Waals surface area contributed by atoms with Crippen LogP contribution < -0.4 is 10.8 Å². The Kier molecular flexibility index (Phi) is 7.89. The molecule has 0 spiro atoms. The van der Waals surface area contributed by atoms with Crippen molar-refractivity contribution < 1.29 is 23.6 Å². The summed E-state index contributed by atoms with van der Waals surface area (Å²) in [5.74, 6) is 1.06. The minimum absolute atomic E-state index is 0.0959. The van der Waals surface area contributed by atoms with Gasteiger partial charge < -0.3 is 24.3 Å². The number of amides is 2. The first-order valence-corrected chi connectivity index (χ1v) is 12.7. The molecule has 2 fully saturated rings. The molecule has 34 heavy (non-hydrogen) atoms. The zero-order valence-corrected chi connectivity index (χ0v) is 22.3. The molecule has 0 unspecified atom stereocenters. The Morgan fingerprint density at radius 3 is 2.38 bits per heavy atom. The first kappa shape index (κ1) is 26.8. The van der Waals surface area contributed by atoms with E-state index in [-0.39, 0.29) is 5.91 Å². The van der Waals surface area contributed by atoms with Gasteiger partial charge in [-0.2, -0.15) is 0 Å². The summed E-state index contributed by atoms with van der Waals surface area (Å²) in [6.07, 6.45) is 3.84. The molecule has 0 saturated carbocycles. The number of hydrogen-bond donors (Lipinski definition) is 1. The van der Waals surface area contributed by atoms with E-state index in [0.717, 1.165) is 17.6 Å². The van der Waals surface area contributed by atoms with Crippen LogP contribution in [-0.4, -0.2) is 75.7 Å². The molecule has 3 heterocycles. The number of hydrogen-bond acceptors (Lipinski definition) is 8. The maximum Gasteiger partial charge on any atom is 0.498 e. The monoisotopic (exact) mass is 492 g/mol. The maximum absolute atomic E-state index is 12.7. The lowest BCUT2D eigenvalue weighted by molar-refractivity contribution is -0.132. The lowest BCUT2D eigenvalue weighted by atomic mass is 9.81. The van der Waals surface area contributed by atoms with Gasteiger partial charge >= 0.3 is 13.2 Å². The zero-order valence-electron chi connectivity index (χ0n) is 21.5. The van der Waals surface area contributed by atoms with Crippen LogP contribution in [0.3, 0.4) is 0 Å². The third-order valence-electron chi connectivity index (χ3n) is 6.32. The lowest BCUT2D eigenvalue weighted by Crippen LogP contribution is -2.47. The Morgan fingerprint density at radius 1 is 1.24 bits per heavy atom. The molecule has 0 aliphatic carbocycles. The van der Waals surface area contributed by atoms with Crippen LogP contribution in [0.25, 0.3) is 0 Å². The Labute approximate surface area is 207 Å². The second kappa shape index (κ2) is 10.0. The van der Waals surface area contributed by atoms with Gasteiger partial charge in [-0.15, -0.1) is 0 Å². The number of thioether (sulfide) groups is 1. The smallest absolute Gasteiger partial charge is 0.444 e. The van der Waals surface area contributed by atoms with Gasteiger partial charge in [0.15, 0.2) is 5.16 Å². The van der Waals surface area contributed by atoms with E-state index in [2.05, 4.69) is 15.3 Å². The third-order valence-corrected chi connectivity index (χ3v) is 7.43. The predicted molar refractivity (Wildman–Crippen MR) is 132 cm³/mol. The standard InChI is InChI=1S/C23H37BN4O5S/c1-15(27-20(30)31-21(2,3)4)18(29)28-10-9-16(13-28)14-34-19-25-11-17(12-26-19)24-32-22(5,6)23(7,8)33-24/h11-12,15-16H,9-10,13-14H2,1-8H3,(H,27,30)/t15-,16+/m0/s1. The third kappa shape index (κ3) is 6.63. The van der Waals surface area contributed by atoms with E-state index in [9.17, 15) is 9.59 Å². The zero-order chi connectivity index (χ0) is 25.3. The summed E-state index contributed by atoms with van der Waals surface area (Å²) in [6.45, 7) is 16.4. The normalized spacial score (nSPS) is 22.5. The van der Waals surface area contributed by atoms with E-state index < -0.39 is 36.1 Å². The number of alkyl carbamates (subject to hydrolysis) is 1. The summed E-state index contributed by atoms with van der Waals surface area (Å²) in [5, 5.41) is 3.31. The number of ether oxygens (including phenoxy) is 1. The molecule has 188 valence electrons. The van der Waals surface area contributed by atoms with Gasteiger partial charge in [-0.05, 0) is 67.7 Å². The molecular weight excluding hydrogens is 455 g/mol. The second-order valence-electron chi connectivity index (χ2n) is 11.0. The molecule has 0 aromatic carbocycles. The maximum atomic E-state index is 12.7. The molecule has 0 bridgehead atoms. The van der Waals surface area contributed by atoms with Gasteiger partial charge in [-0.25, -0.2) is 14.8 Å². The highest BCUT2D eigenvalue weighted by molar-refractivity contribution is 7.99. The van der Waals surface area contributed by atoms with E-state index in [1.54, 1.807) is 56.8 Å². The molecule has 1 N–H and O–H groups in total. The fourth-order valence-electron chi connectivity index (χ4n) is 3.68. The molecule has 2 saturated heterocycles. The minimum atomic E-state index is -0.632. The molecular formula is C23H37BN4O5S. The van der Waals surface area contributed by atoms with Crippen molar-refractivity contribution in [2.75, 3.05) is 18.8 Å². The van der Waals surface area contributed by atoms with Crippen molar-refractivity contribution in [2.45, 2.75) is 89.8 Å². The fraction of sp³-hybridized carbons (Fsp3) is 0.739. The minimum Gasteiger partial charge on any atom is -0.444 e. The SMILES string of the molecule is C[C@H](NC(=O)OC(C)(C)C)C(=O)N1CC[C@@H](CSc2ncc(B3OC(C)(C)C(C)(C)O3)cn2)C1. The summed E-state index contributed by atoms with van der Waals surface area (Å²) in [5.41, 5.74) is -0.617. The van der Waals surface area contributed by atoms with Crippen molar-refractivity contribution in [1.82, 2.24) is 20.2 Å². The van der Waals surface area contributed by atoms with Gasteiger partial charge in [0, 0.05) is 36.7 Å². The summed E-state index contributed by atoms with van der Waals surface area (Å²) < 4.78 is 17.3. The van der Waals surface area contributed by atoms with E-state index in [1.807, 2.05) is 27.7 Å². The number of rotatable bonds is 6. The average molecular weight is 492 g/mol. The van der Waals surface area contributed by atoms with Gasteiger partial charge in [-0.1, -0.05) is 11.8 Å². The van der Waals surface area contributed by atoms with Crippen LogP contribution in [0.15, 0.2) is 17.6 Å². The van der Waals surface area contributed by atoms with E-state index in [0.29, 0.717) is 24.2 Å². The number of aromatic nitrogens is 2. The topological polar surface area (TPSA) is 103 Å². The van der Waals surface area contributed by atoms with Crippen LogP contribution in [0, 0.1) is 5.92 Å². The van der Waals surface area contributed by atoms with Crippen LogP contribution in [0.4, 0.5) is 4.79 Å². The van der Waals surface area contributed by atoms with Crippen LogP contribution in [0.2, 0.25) is 0 Å². The van der Waals surface area contributed by atoms with E-state index in [1.165, 1.54) is 0 Å². The Balaban J connectivity index is 1.45. The highest BCUT2D eigenvalue weighted by Crippen LogP contribution is 2.36. The second-order valence-corrected chi connectivity index (χ2v) is 12.0. The first-order valence-electron chi connectivity index (χ1n) is 11.8. The van der Waals surface area contributed by atoms with Crippen LogP contribution >= 0.6 is 11.8 Å². The van der Waals surface area contributed by atoms with Crippen LogP contribution in [-0.2, 0) is 18.8 Å². The number of nitrogens with zero attached hydrogens (tertiary/aromatic N) is 3. The largest absolute Gasteiger partial charge is 0.498 e.